The summed E-state index contributed by atoms with van der Waals surface area (Å²) in [5.74, 6) is 0.167. The number of rotatable bonds is 6. The van der Waals surface area contributed by atoms with Crippen LogP contribution < -0.4 is 5.32 Å². The van der Waals surface area contributed by atoms with Gasteiger partial charge in [0, 0.05) is 33.8 Å². The molecule has 2 aromatic heterocycles. The highest BCUT2D eigenvalue weighted by molar-refractivity contribution is 6.31. The highest BCUT2D eigenvalue weighted by Gasteiger charge is 2.18. The zero-order valence-electron chi connectivity index (χ0n) is 18.2. The van der Waals surface area contributed by atoms with Crippen molar-refractivity contribution in [2.45, 2.75) is 57.4 Å². The van der Waals surface area contributed by atoms with Crippen molar-refractivity contribution in [1.82, 2.24) is 15.3 Å². The summed E-state index contributed by atoms with van der Waals surface area (Å²) in [5, 5.41) is 6.17. The molecule has 1 aliphatic carbocycles. The van der Waals surface area contributed by atoms with Crippen molar-refractivity contribution in [3.8, 4) is 11.4 Å². The van der Waals surface area contributed by atoms with E-state index in [9.17, 15) is 4.79 Å². The molecule has 0 saturated heterocycles. The Morgan fingerprint density at radius 3 is 2.78 bits per heavy atom. The first-order valence-corrected chi connectivity index (χ1v) is 12.0. The fraction of sp³-hybridized carbons (Fsp3) is 0.333. The lowest BCUT2D eigenvalue weighted by Gasteiger charge is -2.22. The number of aryl methyl sites for hydroxylation is 1. The summed E-state index contributed by atoms with van der Waals surface area (Å²) in [7, 11) is 0. The number of nitrogens with one attached hydrogen (secondary N) is 2. The van der Waals surface area contributed by atoms with E-state index in [2.05, 4.69) is 28.5 Å². The monoisotopic (exact) mass is 445 g/mol. The fourth-order valence-electron chi connectivity index (χ4n) is 4.88. The molecule has 1 fully saturated rings. The van der Waals surface area contributed by atoms with E-state index in [4.69, 9.17) is 16.6 Å². The van der Waals surface area contributed by atoms with E-state index in [1.807, 2.05) is 36.4 Å². The summed E-state index contributed by atoms with van der Waals surface area (Å²) < 4.78 is 0. The van der Waals surface area contributed by atoms with Gasteiger partial charge in [0.2, 0.25) is 5.91 Å². The molecule has 0 unspecified atom stereocenters. The lowest BCUT2D eigenvalue weighted by molar-refractivity contribution is -0.122. The molecule has 5 rings (SSSR count). The molecule has 5 heteroatoms. The lowest BCUT2D eigenvalue weighted by atomic mass is 9.95. The molecule has 0 spiro atoms. The van der Waals surface area contributed by atoms with E-state index >= 15 is 0 Å². The van der Waals surface area contributed by atoms with Gasteiger partial charge in [0.25, 0.3) is 0 Å². The number of aromatic nitrogens is 2. The third-order valence-corrected chi connectivity index (χ3v) is 6.76. The average Bonchev–Trinajstić information content (AvgIpc) is 3.17. The summed E-state index contributed by atoms with van der Waals surface area (Å²) in [4.78, 5) is 21.0. The largest absolute Gasteiger partial charge is 0.353 e. The average molecular weight is 446 g/mol. The van der Waals surface area contributed by atoms with Crippen LogP contribution in [0.4, 0.5) is 0 Å². The molecule has 1 saturated carbocycles. The first-order chi connectivity index (χ1) is 15.7. The second-order valence-electron chi connectivity index (χ2n) is 8.81. The van der Waals surface area contributed by atoms with E-state index < -0.39 is 0 Å². The maximum atomic E-state index is 12.5. The second kappa shape index (κ2) is 9.33. The first kappa shape index (κ1) is 21.0. The van der Waals surface area contributed by atoms with Crippen molar-refractivity contribution in [3.63, 3.8) is 0 Å². The van der Waals surface area contributed by atoms with E-state index in [1.54, 1.807) is 0 Å². The number of hydrogen-bond donors (Lipinski definition) is 2. The summed E-state index contributed by atoms with van der Waals surface area (Å²) >= 11 is 6.32. The molecule has 0 radical (unpaired) electrons. The number of hydrogen-bond acceptors (Lipinski definition) is 2. The van der Waals surface area contributed by atoms with Gasteiger partial charge in [-0.3, -0.25) is 4.79 Å². The van der Waals surface area contributed by atoms with Crippen LogP contribution in [-0.2, 0) is 11.2 Å². The number of amides is 1. The predicted octanol–water partition coefficient (Wildman–Crippen LogP) is 6.81. The van der Waals surface area contributed by atoms with Gasteiger partial charge in [-0.05, 0) is 61.6 Å². The van der Waals surface area contributed by atoms with Crippen LogP contribution in [0.25, 0.3) is 33.2 Å². The van der Waals surface area contributed by atoms with Crippen molar-refractivity contribution >= 4 is 39.3 Å². The first-order valence-electron chi connectivity index (χ1n) is 11.6. The van der Waals surface area contributed by atoms with Crippen LogP contribution in [0.3, 0.4) is 0 Å². The molecule has 2 heterocycles. The molecule has 0 atom stereocenters. The molecule has 2 aromatic carbocycles. The van der Waals surface area contributed by atoms with Gasteiger partial charge in [0.05, 0.1) is 16.9 Å². The molecule has 0 bridgehead atoms. The maximum absolute atomic E-state index is 12.5. The van der Waals surface area contributed by atoms with Crippen LogP contribution in [0.5, 0.6) is 0 Å². The maximum Gasteiger partial charge on any atom is 0.220 e. The van der Waals surface area contributed by atoms with Gasteiger partial charge in [-0.15, -0.1) is 0 Å². The number of H-pyrrole nitrogens is 1. The molecule has 4 nitrogen and oxygen atoms in total. The second-order valence-corrected chi connectivity index (χ2v) is 9.25. The molecule has 0 aliphatic heterocycles. The van der Waals surface area contributed by atoms with E-state index in [1.165, 1.54) is 24.8 Å². The minimum atomic E-state index is 0.167. The molecular weight excluding hydrogens is 418 g/mol. The number of halogens is 1. The fourth-order valence-corrected chi connectivity index (χ4v) is 5.05. The van der Waals surface area contributed by atoms with Crippen molar-refractivity contribution in [3.05, 3.63) is 65.2 Å². The van der Waals surface area contributed by atoms with Crippen LogP contribution in [0.2, 0.25) is 5.02 Å². The highest BCUT2D eigenvalue weighted by atomic mass is 35.5. The standard InChI is InChI=1S/C27H28ClN3O/c28-19-14-16-24-22(17-19)21(10-6-12-26(32)29-20-8-2-1-3-9-20)27(31-24)25-15-13-18-7-4-5-11-23(18)30-25/h4-5,7,11,13-17,20,31H,1-3,6,8-10,12H2,(H,29,32). The van der Waals surface area contributed by atoms with Crippen molar-refractivity contribution in [1.29, 1.82) is 0 Å². The Balaban J connectivity index is 1.39. The van der Waals surface area contributed by atoms with Gasteiger partial charge in [0.1, 0.15) is 0 Å². The third kappa shape index (κ3) is 4.51. The summed E-state index contributed by atoms with van der Waals surface area (Å²) in [6.07, 6.45) is 8.09. The Bertz CT molecular complexity index is 1260. The Kier molecular flexibility index (Phi) is 6.13. The molecule has 2 N–H and O–H groups in total. The minimum Gasteiger partial charge on any atom is -0.353 e. The van der Waals surface area contributed by atoms with Gasteiger partial charge < -0.3 is 10.3 Å². The van der Waals surface area contributed by atoms with Gasteiger partial charge in [0.15, 0.2) is 0 Å². The van der Waals surface area contributed by atoms with E-state index in [0.29, 0.717) is 17.5 Å². The Hall–Kier alpha value is -2.85. The summed E-state index contributed by atoms with van der Waals surface area (Å²) in [6, 6.07) is 18.6. The van der Waals surface area contributed by atoms with Gasteiger partial charge >= 0.3 is 0 Å². The summed E-state index contributed by atoms with van der Waals surface area (Å²) in [6.45, 7) is 0. The van der Waals surface area contributed by atoms with E-state index in [0.717, 1.165) is 58.9 Å². The van der Waals surface area contributed by atoms with Crippen molar-refractivity contribution in [2.75, 3.05) is 0 Å². The summed E-state index contributed by atoms with van der Waals surface area (Å²) in [5.41, 5.74) is 5.12. The quantitative estimate of drug-likeness (QED) is 0.342. The normalized spacial score (nSPS) is 14.8. The SMILES string of the molecule is O=C(CCCc1c(-c2ccc3ccccc3n2)[nH]c2ccc(Cl)cc12)NC1CCCCC1. The number of benzene rings is 2. The zero-order valence-corrected chi connectivity index (χ0v) is 18.9. The Morgan fingerprint density at radius 1 is 1.06 bits per heavy atom. The number of carbonyl (C=O) groups excluding carboxylic acids is 1. The number of nitrogens with zero attached hydrogens (tertiary/aromatic N) is 1. The molecule has 164 valence electrons. The topological polar surface area (TPSA) is 57.8 Å². The molecule has 32 heavy (non-hydrogen) atoms. The smallest absolute Gasteiger partial charge is 0.220 e. The highest BCUT2D eigenvalue weighted by Crippen LogP contribution is 2.33. The van der Waals surface area contributed by atoms with E-state index in [-0.39, 0.29) is 5.91 Å². The number of carbonyl (C=O) groups is 1. The van der Waals surface area contributed by atoms with Crippen LogP contribution in [0.15, 0.2) is 54.6 Å². The minimum absolute atomic E-state index is 0.167. The lowest BCUT2D eigenvalue weighted by Crippen LogP contribution is -2.36. The van der Waals surface area contributed by atoms with Gasteiger partial charge in [-0.25, -0.2) is 4.98 Å². The van der Waals surface area contributed by atoms with Crippen molar-refractivity contribution < 1.29 is 4.79 Å². The molecular formula is C27H28ClN3O. The predicted molar refractivity (Wildman–Crippen MR) is 132 cm³/mol. The zero-order chi connectivity index (χ0) is 21.9. The number of fused-ring (bicyclic) bond motifs is 2. The number of aromatic amines is 1. The van der Waals surface area contributed by atoms with Crippen LogP contribution >= 0.6 is 11.6 Å². The number of pyridine rings is 1. The van der Waals surface area contributed by atoms with Gasteiger partial charge in [-0.2, -0.15) is 0 Å². The van der Waals surface area contributed by atoms with Crippen molar-refractivity contribution in [2.24, 2.45) is 0 Å². The Labute approximate surface area is 193 Å². The Morgan fingerprint density at radius 2 is 1.91 bits per heavy atom. The van der Waals surface area contributed by atoms with Crippen LogP contribution in [-0.4, -0.2) is 21.9 Å². The molecule has 4 aromatic rings. The van der Waals surface area contributed by atoms with Crippen LogP contribution in [0, 0.1) is 0 Å². The molecule has 1 aliphatic rings. The number of para-hydroxylation sites is 1. The van der Waals surface area contributed by atoms with Gasteiger partial charge in [-0.1, -0.05) is 55.1 Å². The molecule has 1 amide bonds. The third-order valence-electron chi connectivity index (χ3n) is 6.52. The van der Waals surface area contributed by atoms with Crippen LogP contribution in [0.1, 0.15) is 50.5 Å².